The minimum atomic E-state index is 0.350. The number of halogens is 1. The fourth-order valence-corrected chi connectivity index (χ4v) is 5.07. The van der Waals surface area contributed by atoms with Gasteiger partial charge in [-0.05, 0) is 62.3 Å². The third-order valence-electron chi connectivity index (χ3n) is 6.19. The molecule has 0 unspecified atom stereocenters. The minimum Gasteiger partial charge on any atom is -0.424 e. The number of anilines is 2. The van der Waals surface area contributed by atoms with E-state index >= 15 is 0 Å². The molecule has 2 bridgehead atoms. The first-order chi connectivity index (χ1) is 14.9. The number of aromatic nitrogens is 5. The van der Waals surface area contributed by atoms with E-state index in [1.54, 1.807) is 17.1 Å². The second kappa shape index (κ2) is 8.00. The van der Waals surface area contributed by atoms with Crippen LogP contribution in [0.3, 0.4) is 0 Å². The van der Waals surface area contributed by atoms with Crippen molar-refractivity contribution in [1.29, 1.82) is 0 Å². The lowest BCUT2D eigenvalue weighted by molar-refractivity contribution is 0.374. The van der Waals surface area contributed by atoms with Crippen LogP contribution < -0.4 is 15.0 Å². The molecule has 3 atom stereocenters. The fraction of sp³-hybridized carbons (Fsp3) is 0.455. The van der Waals surface area contributed by atoms with Gasteiger partial charge >= 0.3 is 6.01 Å². The molecule has 3 aromatic rings. The van der Waals surface area contributed by atoms with Crippen LogP contribution in [0.1, 0.15) is 24.1 Å². The first-order valence-corrected chi connectivity index (χ1v) is 11.0. The number of nitrogens with one attached hydrogen (secondary N) is 1. The van der Waals surface area contributed by atoms with Crippen LogP contribution in [0.25, 0.3) is 0 Å². The molecule has 31 heavy (non-hydrogen) atoms. The van der Waals surface area contributed by atoms with Gasteiger partial charge in [-0.1, -0.05) is 11.6 Å². The van der Waals surface area contributed by atoms with Gasteiger partial charge in [0.25, 0.3) is 0 Å². The van der Waals surface area contributed by atoms with Gasteiger partial charge in [0, 0.05) is 43.0 Å². The van der Waals surface area contributed by atoms with Crippen molar-refractivity contribution in [3.63, 3.8) is 0 Å². The van der Waals surface area contributed by atoms with Crippen LogP contribution in [0.5, 0.6) is 11.8 Å². The van der Waals surface area contributed by atoms with Crippen LogP contribution in [0.4, 0.5) is 11.8 Å². The lowest BCUT2D eigenvalue weighted by atomic mass is 9.92. The number of piperidine rings is 1. The van der Waals surface area contributed by atoms with Gasteiger partial charge in [0.15, 0.2) is 0 Å². The molecule has 1 aliphatic heterocycles. The molecule has 9 heteroatoms. The Balaban J connectivity index is 1.28. The smallest absolute Gasteiger partial charge is 0.321 e. The topological polar surface area (TPSA) is 81.0 Å². The van der Waals surface area contributed by atoms with Gasteiger partial charge in [-0.15, -0.1) is 5.10 Å². The summed E-state index contributed by atoms with van der Waals surface area (Å²) in [6, 6.07) is 8.45. The van der Waals surface area contributed by atoms with Crippen LogP contribution in [-0.4, -0.2) is 43.9 Å². The highest BCUT2D eigenvalue weighted by molar-refractivity contribution is 6.30. The Hall–Kier alpha value is -2.87. The summed E-state index contributed by atoms with van der Waals surface area (Å²) in [4.78, 5) is 15.7. The second-order valence-corrected chi connectivity index (χ2v) is 9.03. The Kier molecular flexibility index (Phi) is 5.17. The SMILES string of the molecule is Cc1cc(Cl)cc(Oc2nc(N[C@@H]3[C@@H]4CC[C@H]3CN(c3cc(C)ncn3)C4)nn2C)c1. The molecule has 1 N–H and O–H groups in total. The van der Waals surface area contributed by atoms with Crippen molar-refractivity contribution in [1.82, 2.24) is 24.7 Å². The molecule has 0 spiro atoms. The fourth-order valence-electron chi connectivity index (χ4n) is 4.80. The quantitative estimate of drug-likeness (QED) is 0.643. The summed E-state index contributed by atoms with van der Waals surface area (Å²) in [7, 11) is 1.83. The van der Waals surface area contributed by atoms with Crippen molar-refractivity contribution in [3.8, 4) is 11.8 Å². The largest absolute Gasteiger partial charge is 0.424 e. The zero-order valence-corrected chi connectivity index (χ0v) is 18.7. The summed E-state index contributed by atoms with van der Waals surface area (Å²) in [6.45, 7) is 5.93. The van der Waals surface area contributed by atoms with Crippen molar-refractivity contribution in [2.45, 2.75) is 32.7 Å². The van der Waals surface area contributed by atoms with Gasteiger partial charge in [0.2, 0.25) is 5.95 Å². The molecule has 162 valence electrons. The van der Waals surface area contributed by atoms with E-state index in [0.29, 0.717) is 40.6 Å². The lowest BCUT2D eigenvalue weighted by Crippen LogP contribution is -2.48. The summed E-state index contributed by atoms with van der Waals surface area (Å²) in [5.74, 6) is 3.33. The van der Waals surface area contributed by atoms with E-state index < -0.39 is 0 Å². The van der Waals surface area contributed by atoms with E-state index in [2.05, 4.69) is 36.3 Å². The predicted octanol–water partition coefficient (Wildman–Crippen LogP) is 3.99. The number of aryl methyl sites for hydroxylation is 3. The molecule has 3 heterocycles. The van der Waals surface area contributed by atoms with E-state index in [9.17, 15) is 0 Å². The van der Waals surface area contributed by atoms with Gasteiger partial charge in [0.05, 0.1) is 0 Å². The Bertz CT molecular complexity index is 1070. The number of hydrogen-bond acceptors (Lipinski definition) is 7. The van der Waals surface area contributed by atoms with Gasteiger partial charge in [-0.3, -0.25) is 0 Å². The van der Waals surface area contributed by atoms with E-state index in [1.165, 1.54) is 12.8 Å². The van der Waals surface area contributed by atoms with Crippen molar-refractivity contribution in [2.24, 2.45) is 18.9 Å². The summed E-state index contributed by atoms with van der Waals surface area (Å²) >= 11 is 6.15. The molecular weight excluding hydrogens is 414 g/mol. The summed E-state index contributed by atoms with van der Waals surface area (Å²) in [5, 5.41) is 8.76. The Morgan fingerprint density at radius 1 is 1.06 bits per heavy atom. The van der Waals surface area contributed by atoms with Gasteiger partial charge < -0.3 is 15.0 Å². The van der Waals surface area contributed by atoms with E-state index in [4.69, 9.17) is 16.3 Å². The van der Waals surface area contributed by atoms with E-state index in [0.717, 1.165) is 30.2 Å². The van der Waals surface area contributed by atoms with Crippen LogP contribution in [-0.2, 0) is 7.05 Å². The van der Waals surface area contributed by atoms with Gasteiger partial charge in [0.1, 0.15) is 17.9 Å². The Morgan fingerprint density at radius 3 is 2.55 bits per heavy atom. The number of rotatable bonds is 5. The van der Waals surface area contributed by atoms with Crippen LogP contribution in [0.2, 0.25) is 5.02 Å². The van der Waals surface area contributed by atoms with Crippen LogP contribution in [0.15, 0.2) is 30.6 Å². The Labute approximate surface area is 186 Å². The molecule has 5 rings (SSSR count). The van der Waals surface area contributed by atoms with Gasteiger partial charge in [-0.2, -0.15) is 4.98 Å². The summed E-state index contributed by atoms with van der Waals surface area (Å²) < 4.78 is 7.59. The Morgan fingerprint density at radius 2 is 1.84 bits per heavy atom. The van der Waals surface area contributed by atoms with Gasteiger partial charge in [-0.25, -0.2) is 14.6 Å². The zero-order chi connectivity index (χ0) is 21.5. The minimum absolute atomic E-state index is 0.350. The highest BCUT2D eigenvalue weighted by Crippen LogP contribution is 2.39. The number of nitrogens with zero attached hydrogens (tertiary/aromatic N) is 6. The number of hydrogen-bond donors (Lipinski definition) is 1. The summed E-state index contributed by atoms with van der Waals surface area (Å²) in [6.07, 6.45) is 4.04. The monoisotopic (exact) mass is 439 g/mol. The lowest BCUT2D eigenvalue weighted by Gasteiger charge is -2.38. The second-order valence-electron chi connectivity index (χ2n) is 8.60. The van der Waals surface area contributed by atoms with E-state index in [1.807, 2.05) is 33.0 Å². The summed E-state index contributed by atoms with van der Waals surface area (Å²) in [5.41, 5.74) is 2.03. The molecule has 2 aromatic heterocycles. The third-order valence-corrected chi connectivity index (χ3v) is 6.41. The molecule has 1 aromatic carbocycles. The van der Waals surface area contributed by atoms with Crippen molar-refractivity contribution >= 4 is 23.4 Å². The molecule has 1 saturated heterocycles. The molecule has 8 nitrogen and oxygen atoms in total. The molecule has 1 aliphatic carbocycles. The predicted molar refractivity (Wildman–Crippen MR) is 120 cm³/mol. The van der Waals surface area contributed by atoms with Crippen LogP contribution in [0, 0.1) is 25.7 Å². The van der Waals surface area contributed by atoms with Crippen molar-refractivity contribution in [2.75, 3.05) is 23.3 Å². The normalized spacial score (nSPS) is 22.6. The maximum Gasteiger partial charge on any atom is 0.321 e. The van der Waals surface area contributed by atoms with E-state index in [-0.39, 0.29) is 0 Å². The first-order valence-electron chi connectivity index (χ1n) is 10.6. The number of ether oxygens (including phenoxy) is 1. The molecular formula is C22H26ClN7O. The maximum absolute atomic E-state index is 6.15. The first kappa shape index (κ1) is 20.1. The maximum atomic E-state index is 6.15. The molecule has 0 amide bonds. The van der Waals surface area contributed by atoms with Crippen LogP contribution >= 0.6 is 11.6 Å². The van der Waals surface area contributed by atoms with Crippen molar-refractivity contribution < 1.29 is 4.74 Å². The van der Waals surface area contributed by atoms with Crippen molar-refractivity contribution in [3.05, 3.63) is 46.9 Å². The highest BCUT2D eigenvalue weighted by Gasteiger charge is 2.43. The number of fused-ring (bicyclic) bond motifs is 2. The average molecular weight is 440 g/mol. The zero-order valence-electron chi connectivity index (χ0n) is 17.9. The average Bonchev–Trinajstić information content (AvgIpc) is 3.15. The molecule has 2 aliphatic rings. The third kappa shape index (κ3) is 4.17. The molecule has 0 radical (unpaired) electrons. The molecule has 1 saturated carbocycles. The number of benzene rings is 1. The standard InChI is InChI=1S/C22H26ClN7O/c1-13-6-17(23)9-18(7-13)31-22-27-21(28-29(22)3)26-20-15-4-5-16(20)11-30(10-15)19-8-14(2)24-12-25-19/h6-9,12,15-16,20H,4-5,10-11H2,1-3H3,(H,26,28)/t15-,16+,20-. The highest BCUT2D eigenvalue weighted by atomic mass is 35.5. The molecule has 2 fully saturated rings.